The van der Waals surface area contributed by atoms with Crippen molar-refractivity contribution >= 4 is 18.7 Å². The van der Waals surface area contributed by atoms with Gasteiger partial charge < -0.3 is 19.0 Å². The third-order valence-electron chi connectivity index (χ3n) is 7.39. The Morgan fingerprint density at radius 3 is 1.82 bits per heavy atom. The number of ether oxygens (including phenoxy) is 2. The first-order valence-corrected chi connectivity index (χ1v) is 15.8. The van der Waals surface area contributed by atoms with Crippen molar-refractivity contribution in [1.29, 1.82) is 0 Å². The molecule has 3 atom stereocenters. The maximum Gasteiger partial charge on any atom is 0.261 e. The summed E-state index contributed by atoms with van der Waals surface area (Å²) in [6, 6.07) is 31.6. The molecule has 206 valence electrons. The lowest BCUT2D eigenvalue weighted by Gasteiger charge is -2.44. The number of hydrogen-bond donors (Lipinski definition) is 1. The lowest BCUT2D eigenvalue weighted by atomic mass is 9.91. The van der Waals surface area contributed by atoms with Crippen LogP contribution >= 0.6 is 0 Å². The van der Waals surface area contributed by atoms with Gasteiger partial charge in [0.1, 0.15) is 6.79 Å². The van der Waals surface area contributed by atoms with Gasteiger partial charge in [0.2, 0.25) is 0 Å². The second-order valence-corrected chi connectivity index (χ2v) is 15.8. The quantitative estimate of drug-likeness (QED) is 0.144. The van der Waals surface area contributed by atoms with Gasteiger partial charge in [-0.05, 0) is 45.7 Å². The van der Waals surface area contributed by atoms with Crippen molar-refractivity contribution in [3.05, 3.63) is 96.6 Å². The average molecular weight is 535 g/mol. The molecule has 0 amide bonds. The Morgan fingerprint density at radius 2 is 1.32 bits per heavy atom. The Bertz CT molecular complexity index is 997. The van der Waals surface area contributed by atoms with Crippen molar-refractivity contribution in [3.8, 4) is 0 Å². The summed E-state index contributed by atoms with van der Waals surface area (Å²) in [6.45, 7) is 12.7. The molecule has 1 N–H and O–H groups in total. The largest absolute Gasteiger partial charge is 0.405 e. The Hall–Kier alpha value is -2.28. The average Bonchev–Trinajstić information content (AvgIpc) is 2.91. The van der Waals surface area contributed by atoms with E-state index in [1.54, 1.807) is 0 Å². The maximum atomic E-state index is 9.45. The van der Waals surface area contributed by atoms with Crippen LogP contribution in [0, 0.1) is 11.8 Å². The second-order valence-electron chi connectivity index (χ2n) is 11.5. The summed E-state index contributed by atoms with van der Waals surface area (Å²) in [5.41, 5.74) is 1.13. The number of aliphatic hydroxyl groups is 1. The Balaban J connectivity index is 1.84. The van der Waals surface area contributed by atoms with Crippen LogP contribution in [0.25, 0.3) is 0 Å². The predicted molar refractivity (Wildman–Crippen MR) is 159 cm³/mol. The fraction of sp³-hybridized carbons (Fsp3) is 0.455. The van der Waals surface area contributed by atoms with Gasteiger partial charge in [0.15, 0.2) is 0 Å². The highest BCUT2D eigenvalue weighted by molar-refractivity contribution is 6.99. The molecule has 0 spiro atoms. The Kier molecular flexibility index (Phi) is 11.8. The van der Waals surface area contributed by atoms with Gasteiger partial charge in [-0.2, -0.15) is 0 Å². The molecule has 3 rings (SSSR count). The fourth-order valence-electron chi connectivity index (χ4n) is 5.34. The lowest BCUT2D eigenvalue weighted by Crippen LogP contribution is -2.67. The minimum atomic E-state index is -2.67. The summed E-state index contributed by atoms with van der Waals surface area (Å²) in [6.07, 6.45) is 1.61. The zero-order valence-electron chi connectivity index (χ0n) is 23.8. The summed E-state index contributed by atoms with van der Waals surface area (Å²) in [7, 11) is -2.67. The normalized spacial score (nSPS) is 14.7. The lowest BCUT2D eigenvalue weighted by molar-refractivity contribution is -0.123. The molecule has 5 heteroatoms. The monoisotopic (exact) mass is 534 g/mol. The summed E-state index contributed by atoms with van der Waals surface area (Å²) < 4.78 is 19.5. The van der Waals surface area contributed by atoms with E-state index in [0.717, 1.165) is 18.4 Å². The van der Waals surface area contributed by atoms with Crippen LogP contribution in [0.3, 0.4) is 0 Å². The summed E-state index contributed by atoms with van der Waals surface area (Å²) in [5, 5.41) is 11.9. The van der Waals surface area contributed by atoms with Gasteiger partial charge in [0.25, 0.3) is 8.32 Å². The molecule has 3 aromatic rings. The number of benzene rings is 3. The molecule has 0 heterocycles. The van der Waals surface area contributed by atoms with E-state index in [1.807, 2.05) is 18.2 Å². The van der Waals surface area contributed by atoms with Crippen molar-refractivity contribution in [2.75, 3.05) is 20.0 Å². The molecule has 0 saturated heterocycles. The number of rotatable bonds is 15. The molecule has 0 aromatic heterocycles. The highest BCUT2D eigenvalue weighted by Crippen LogP contribution is 2.37. The highest BCUT2D eigenvalue weighted by atomic mass is 28.4. The Morgan fingerprint density at radius 1 is 0.789 bits per heavy atom. The van der Waals surface area contributed by atoms with Gasteiger partial charge in [-0.25, -0.2) is 0 Å². The van der Waals surface area contributed by atoms with E-state index >= 15 is 0 Å². The van der Waals surface area contributed by atoms with Gasteiger partial charge in [-0.15, -0.1) is 0 Å². The van der Waals surface area contributed by atoms with Crippen molar-refractivity contribution in [3.63, 3.8) is 0 Å². The molecule has 4 nitrogen and oxygen atoms in total. The van der Waals surface area contributed by atoms with Crippen molar-refractivity contribution in [2.45, 2.75) is 65.2 Å². The van der Waals surface area contributed by atoms with Crippen LogP contribution in [-0.2, 0) is 20.5 Å². The first-order chi connectivity index (χ1) is 18.3. The van der Waals surface area contributed by atoms with Gasteiger partial charge in [-0.1, -0.05) is 126 Å². The fourth-order valence-corrected chi connectivity index (χ4v) is 9.91. The molecule has 0 aliphatic carbocycles. The zero-order valence-corrected chi connectivity index (χ0v) is 24.8. The summed E-state index contributed by atoms with van der Waals surface area (Å²) in [5.74, 6) is 0.647. The van der Waals surface area contributed by atoms with E-state index in [2.05, 4.69) is 107 Å². The van der Waals surface area contributed by atoms with Crippen molar-refractivity contribution in [2.24, 2.45) is 11.8 Å². The molecular formula is C33H46O4Si. The summed E-state index contributed by atoms with van der Waals surface area (Å²) >= 11 is 0. The molecule has 0 unspecified atom stereocenters. The van der Waals surface area contributed by atoms with Crippen LogP contribution < -0.4 is 10.4 Å². The minimum absolute atomic E-state index is 0.0997. The molecule has 0 saturated carbocycles. The second kappa shape index (κ2) is 14.8. The van der Waals surface area contributed by atoms with E-state index in [4.69, 9.17) is 13.9 Å². The van der Waals surface area contributed by atoms with E-state index in [0.29, 0.717) is 19.1 Å². The van der Waals surface area contributed by atoms with Gasteiger partial charge in [0.05, 0.1) is 19.3 Å². The molecular weight excluding hydrogens is 488 g/mol. The van der Waals surface area contributed by atoms with Gasteiger partial charge >= 0.3 is 0 Å². The van der Waals surface area contributed by atoms with E-state index in [-0.39, 0.29) is 30.5 Å². The molecule has 0 bridgehead atoms. The third-order valence-corrected chi connectivity index (χ3v) is 12.4. The van der Waals surface area contributed by atoms with Crippen LogP contribution in [0.4, 0.5) is 0 Å². The highest BCUT2D eigenvalue weighted by Gasteiger charge is 2.50. The van der Waals surface area contributed by atoms with Crippen LogP contribution in [0.5, 0.6) is 0 Å². The zero-order chi connectivity index (χ0) is 27.4. The number of aliphatic hydroxyl groups excluding tert-OH is 1. The van der Waals surface area contributed by atoms with Crippen LogP contribution in [0.1, 0.15) is 53.0 Å². The molecule has 3 aromatic carbocycles. The smallest absolute Gasteiger partial charge is 0.261 e. The van der Waals surface area contributed by atoms with E-state index < -0.39 is 8.32 Å². The topological polar surface area (TPSA) is 47.9 Å². The van der Waals surface area contributed by atoms with Crippen LogP contribution in [0.15, 0.2) is 91.0 Å². The predicted octanol–water partition coefficient (Wildman–Crippen LogP) is 6.17. The molecule has 0 radical (unpaired) electrons. The van der Waals surface area contributed by atoms with E-state index in [1.165, 1.54) is 10.4 Å². The number of hydrogen-bond acceptors (Lipinski definition) is 4. The Labute approximate surface area is 231 Å². The molecule has 0 aliphatic rings. The third kappa shape index (κ3) is 8.11. The van der Waals surface area contributed by atoms with Crippen LogP contribution in [0.2, 0.25) is 5.04 Å². The van der Waals surface area contributed by atoms with Gasteiger partial charge in [0, 0.05) is 6.61 Å². The summed E-state index contributed by atoms with van der Waals surface area (Å²) in [4.78, 5) is 0. The first kappa shape index (κ1) is 30.3. The minimum Gasteiger partial charge on any atom is -0.405 e. The van der Waals surface area contributed by atoms with E-state index in [9.17, 15) is 5.11 Å². The standard InChI is InChI=1S/C33H46O4Si/c1-27(21-22-34)23-28(2)32(36-26-35-24-29-15-9-6-10-16-29)25-37-38(33(3,4)5,30-17-11-7-12-18-30)31-19-13-8-14-20-31/h6-20,27-28,32,34H,21-26H2,1-5H3/t27-,28-,32+/m0/s1. The molecule has 0 aliphatic heterocycles. The van der Waals surface area contributed by atoms with Gasteiger partial charge in [-0.3, -0.25) is 0 Å². The van der Waals surface area contributed by atoms with Crippen molar-refractivity contribution < 1.29 is 19.0 Å². The molecule has 0 fully saturated rings. The maximum absolute atomic E-state index is 9.45. The van der Waals surface area contributed by atoms with Crippen molar-refractivity contribution in [1.82, 2.24) is 0 Å². The van der Waals surface area contributed by atoms with Crippen LogP contribution in [-0.4, -0.2) is 39.5 Å². The first-order valence-electron chi connectivity index (χ1n) is 13.9. The molecule has 38 heavy (non-hydrogen) atoms. The SMILES string of the molecule is C[C@@H](CCO)C[C@H](C)[C@@H](CO[Si](c1ccccc1)(c1ccccc1)C(C)(C)C)OCOCc1ccccc1.